The molecule has 1 unspecified atom stereocenters. The zero-order chi connectivity index (χ0) is 22.4. The van der Waals surface area contributed by atoms with Gasteiger partial charge in [-0.2, -0.15) is 27.2 Å². The lowest BCUT2D eigenvalue weighted by Gasteiger charge is -2.36. The fourth-order valence-electron chi connectivity index (χ4n) is 4.53. The minimum Gasteiger partial charge on any atom is -0.441 e. The smallest absolute Gasteiger partial charge is 0.441 e. The molecule has 166 valence electrons. The summed E-state index contributed by atoms with van der Waals surface area (Å²) in [5.41, 5.74) is 0.904. The van der Waals surface area contributed by atoms with Crippen LogP contribution >= 0.6 is 0 Å². The van der Waals surface area contributed by atoms with Crippen molar-refractivity contribution in [2.24, 2.45) is 5.92 Å². The van der Waals surface area contributed by atoms with Gasteiger partial charge in [0.25, 0.3) is 0 Å². The molecule has 31 heavy (non-hydrogen) atoms. The minimum atomic E-state index is -5.73. The van der Waals surface area contributed by atoms with E-state index < -0.39 is 30.3 Å². The number of alkyl halides is 5. The zero-order valence-electron chi connectivity index (χ0n) is 16.3. The number of hydrogen-bond acceptors (Lipinski definition) is 4. The van der Waals surface area contributed by atoms with Crippen molar-refractivity contribution in [3.8, 4) is 6.07 Å². The number of amides is 1. The second kappa shape index (κ2) is 7.35. The maximum atomic E-state index is 13.4. The number of halogens is 5. The van der Waals surface area contributed by atoms with Gasteiger partial charge in [0.2, 0.25) is 0 Å². The van der Waals surface area contributed by atoms with E-state index in [2.05, 4.69) is 11.1 Å². The second-order valence-electron chi connectivity index (χ2n) is 8.28. The number of nitrogens with zero attached hydrogens (tertiary/aromatic N) is 4. The molecule has 0 bridgehead atoms. The third-order valence-corrected chi connectivity index (χ3v) is 5.96. The summed E-state index contributed by atoms with van der Waals surface area (Å²) in [6, 6.07) is 7.20. The summed E-state index contributed by atoms with van der Waals surface area (Å²) in [7, 11) is 0. The van der Waals surface area contributed by atoms with E-state index in [4.69, 9.17) is 10.00 Å². The Balaban J connectivity index is 1.48. The summed E-state index contributed by atoms with van der Waals surface area (Å²) in [6.07, 6.45) is -3.03. The maximum absolute atomic E-state index is 13.4. The number of carbonyl (C=O) groups is 1. The van der Waals surface area contributed by atoms with Crippen LogP contribution in [0.2, 0.25) is 0 Å². The van der Waals surface area contributed by atoms with Crippen molar-refractivity contribution in [3.63, 3.8) is 0 Å². The van der Waals surface area contributed by atoms with Crippen molar-refractivity contribution in [3.05, 3.63) is 30.1 Å². The van der Waals surface area contributed by atoms with Crippen LogP contribution in [0.25, 0.3) is 11.0 Å². The van der Waals surface area contributed by atoms with Crippen LogP contribution in [0.3, 0.4) is 0 Å². The number of carbonyl (C=O) groups excluding carboxylic acids is 1. The molecule has 0 radical (unpaired) electrons. The van der Waals surface area contributed by atoms with E-state index in [9.17, 15) is 26.7 Å². The van der Waals surface area contributed by atoms with Crippen LogP contribution in [0.4, 0.5) is 26.7 Å². The fraction of sp³-hybridized carbons (Fsp3) is 0.550. The van der Waals surface area contributed by atoms with Crippen molar-refractivity contribution in [1.29, 1.82) is 5.26 Å². The molecule has 2 aliphatic rings. The Morgan fingerprint density at radius 3 is 2.77 bits per heavy atom. The highest BCUT2D eigenvalue weighted by Gasteiger charge is 2.60. The van der Waals surface area contributed by atoms with Crippen LogP contribution in [0.15, 0.2) is 24.5 Å². The van der Waals surface area contributed by atoms with Gasteiger partial charge >= 0.3 is 18.2 Å². The molecular weight excluding hydrogens is 423 g/mol. The molecule has 4 rings (SSSR count). The summed E-state index contributed by atoms with van der Waals surface area (Å²) in [6.45, 7) is -1.54. The predicted octanol–water partition coefficient (Wildman–Crippen LogP) is 4.49. The molecule has 2 aromatic rings. The Morgan fingerprint density at radius 1 is 1.29 bits per heavy atom. The lowest BCUT2D eigenvalue weighted by molar-refractivity contribution is -0.284. The van der Waals surface area contributed by atoms with E-state index in [0.717, 1.165) is 17.5 Å². The number of hydrogen-bond donors (Lipinski definition) is 0. The molecule has 2 atom stereocenters. The van der Waals surface area contributed by atoms with Crippen molar-refractivity contribution in [2.45, 2.75) is 49.9 Å². The SMILES string of the molecule is N#Cc1ccc2ncn(CC3CCC[C@]4(C3)CN(CC(F)(F)C(F)(F)F)C(=O)O4)c2c1. The number of rotatable bonds is 4. The highest BCUT2D eigenvalue weighted by molar-refractivity contribution is 5.77. The molecule has 1 amide bonds. The van der Waals surface area contributed by atoms with E-state index in [1.165, 1.54) is 0 Å². The third kappa shape index (κ3) is 4.03. The van der Waals surface area contributed by atoms with Crippen LogP contribution < -0.4 is 0 Å². The molecule has 2 heterocycles. The highest BCUT2D eigenvalue weighted by atomic mass is 19.4. The van der Waals surface area contributed by atoms with Gasteiger partial charge in [-0.3, -0.25) is 4.90 Å². The van der Waals surface area contributed by atoms with Crippen LogP contribution in [0.1, 0.15) is 31.2 Å². The molecule has 1 saturated heterocycles. The molecule has 11 heteroatoms. The van der Waals surface area contributed by atoms with Crippen LogP contribution in [0.5, 0.6) is 0 Å². The summed E-state index contributed by atoms with van der Waals surface area (Å²) in [5, 5.41) is 9.11. The average Bonchev–Trinajstić information content (AvgIpc) is 3.21. The van der Waals surface area contributed by atoms with E-state index in [1.807, 2.05) is 4.57 Å². The first-order valence-corrected chi connectivity index (χ1v) is 9.79. The van der Waals surface area contributed by atoms with Gasteiger partial charge in [0.1, 0.15) is 5.60 Å². The number of fused-ring (bicyclic) bond motifs is 1. The summed E-state index contributed by atoms with van der Waals surface area (Å²) < 4.78 is 71.8. The van der Waals surface area contributed by atoms with E-state index in [1.54, 1.807) is 24.5 Å². The van der Waals surface area contributed by atoms with E-state index in [-0.39, 0.29) is 12.5 Å². The van der Waals surface area contributed by atoms with Crippen LogP contribution in [-0.2, 0) is 11.3 Å². The Hall–Kier alpha value is -2.90. The average molecular weight is 442 g/mol. The molecule has 1 aliphatic carbocycles. The number of ether oxygens (including phenoxy) is 1. The summed E-state index contributed by atoms with van der Waals surface area (Å²) in [5.74, 6) is -4.99. The first-order valence-electron chi connectivity index (χ1n) is 9.79. The minimum absolute atomic E-state index is 0.00719. The molecule has 1 spiro atoms. The molecule has 1 aromatic carbocycles. The molecule has 6 nitrogen and oxygen atoms in total. The first-order chi connectivity index (χ1) is 14.5. The molecule has 0 N–H and O–H groups in total. The summed E-state index contributed by atoms with van der Waals surface area (Å²) in [4.78, 5) is 16.8. The molecule has 1 aliphatic heterocycles. The van der Waals surface area contributed by atoms with Crippen molar-refractivity contribution >= 4 is 17.1 Å². The van der Waals surface area contributed by atoms with Gasteiger partial charge in [-0.15, -0.1) is 0 Å². The van der Waals surface area contributed by atoms with Crippen LogP contribution in [-0.4, -0.2) is 51.3 Å². The standard InChI is InChI=1S/C20H19F5N4O2/c21-19(22,20(23,24)25)11-29-10-18(31-17(29)30)5-1-2-14(7-18)9-28-12-27-15-4-3-13(8-26)6-16(15)28/h3-4,6,12,14H,1-2,5,7,9-11H2/t14?,18-/m0/s1. The molecule has 2 fully saturated rings. The first kappa shape index (κ1) is 21.3. The predicted molar refractivity (Wildman–Crippen MR) is 98.2 cm³/mol. The maximum Gasteiger partial charge on any atom is 0.455 e. The number of nitriles is 1. The van der Waals surface area contributed by atoms with Crippen molar-refractivity contribution < 1.29 is 31.5 Å². The van der Waals surface area contributed by atoms with Gasteiger partial charge in [0, 0.05) is 6.54 Å². The summed E-state index contributed by atoms with van der Waals surface area (Å²) >= 11 is 0. The highest BCUT2D eigenvalue weighted by Crippen LogP contribution is 2.43. The van der Waals surface area contributed by atoms with Gasteiger partial charge < -0.3 is 9.30 Å². The van der Waals surface area contributed by atoms with Gasteiger partial charge in [0.05, 0.1) is 42.1 Å². The molecule has 1 aromatic heterocycles. The van der Waals surface area contributed by atoms with Crippen molar-refractivity contribution in [1.82, 2.24) is 14.5 Å². The van der Waals surface area contributed by atoms with Gasteiger partial charge in [-0.25, -0.2) is 9.78 Å². The number of benzene rings is 1. The molecule has 1 saturated carbocycles. The third-order valence-electron chi connectivity index (χ3n) is 5.96. The van der Waals surface area contributed by atoms with Crippen molar-refractivity contribution in [2.75, 3.05) is 13.1 Å². The van der Waals surface area contributed by atoms with Gasteiger partial charge in [-0.05, 0) is 49.8 Å². The Labute approximate surface area is 174 Å². The largest absolute Gasteiger partial charge is 0.455 e. The van der Waals surface area contributed by atoms with Gasteiger partial charge in [0.15, 0.2) is 0 Å². The Morgan fingerprint density at radius 2 is 2.06 bits per heavy atom. The van der Waals surface area contributed by atoms with Gasteiger partial charge in [-0.1, -0.05) is 0 Å². The van der Waals surface area contributed by atoms with Crippen LogP contribution in [0, 0.1) is 17.2 Å². The Kier molecular flexibility index (Phi) is 5.06. The Bertz CT molecular complexity index is 1040. The second-order valence-corrected chi connectivity index (χ2v) is 8.28. The molecular formula is C20H19F5N4O2. The lowest BCUT2D eigenvalue weighted by atomic mass is 9.78. The van der Waals surface area contributed by atoms with E-state index in [0.29, 0.717) is 36.3 Å². The number of aromatic nitrogens is 2. The normalized spacial score (nSPS) is 24.6. The topological polar surface area (TPSA) is 71.2 Å². The fourth-order valence-corrected chi connectivity index (χ4v) is 4.53. The van der Waals surface area contributed by atoms with E-state index >= 15 is 0 Å². The number of imidazole rings is 1. The quantitative estimate of drug-likeness (QED) is 0.655. The zero-order valence-corrected chi connectivity index (χ0v) is 16.3. The monoisotopic (exact) mass is 442 g/mol. The lowest BCUT2D eigenvalue weighted by Crippen LogP contribution is -2.48.